The number of hydrogen-bond donors (Lipinski definition) is 1. The number of ether oxygens (including phenoxy) is 1. The van der Waals surface area contributed by atoms with E-state index in [0.29, 0.717) is 17.9 Å². The van der Waals surface area contributed by atoms with E-state index in [2.05, 4.69) is 41.1 Å². The molecule has 1 aromatic heterocycles. The Bertz CT molecular complexity index is 823. The Balaban J connectivity index is 1.80. The first-order chi connectivity index (χ1) is 12.2. The van der Waals surface area contributed by atoms with Crippen molar-refractivity contribution in [2.24, 2.45) is 0 Å². The van der Waals surface area contributed by atoms with E-state index < -0.39 is 0 Å². The maximum absolute atomic E-state index is 12.6. The van der Waals surface area contributed by atoms with Crippen molar-refractivity contribution in [1.29, 1.82) is 0 Å². The van der Waals surface area contributed by atoms with Gasteiger partial charge in [0.2, 0.25) is 5.91 Å². The maximum Gasteiger partial charge on any atom is 0.226 e. The van der Waals surface area contributed by atoms with Gasteiger partial charge in [0.1, 0.15) is 5.75 Å². The van der Waals surface area contributed by atoms with Gasteiger partial charge in [-0.15, -0.1) is 0 Å². The molecule has 3 aromatic rings. The fraction of sp³-hybridized carbons (Fsp3) is 0.190. The zero-order valence-corrected chi connectivity index (χ0v) is 14.5. The number of aromatic nitrogens is 1. The van der Waals surface area contributed by atoms with Gasteiger partial charge in [0.05, 0.1) is 25.3 Å². The molecule has 0 bridgehead atoms. The van der Waals surface area contributed by atoms with Gasteiger partial charge in [-0.25, -0.2) is 0 Å². The fourth-order valence-corrected chi connectivity index (χ4v) is 2.86. The van der Waals surface area contributed by atoms with Crippen molar-refractivity contribution in [3.05, 3.63) is 84.2 Å². The van der Waals surface area contributed by atoms with Gasteiger partial charge in [-0.05, 0) is 36.8 Å². The molecule has 0 fully saturated rings. The van der Waals surface area contributed by atoms with Crippen molar-refractivity contribution in [1.82, 2.24) is 4.57 Å². The van der Waals surface area contributed by atoms with E-state index in [-0.39, 0.29) is 11.9 Å². The van der Waals surface area contributed by atoms with Crippen molar-refractivity contribution in [3.8, 4) is 5.75 Å². The molecule has 1 N–H and O–H groups in total. The van der Waals surface area contributed by atoms with E-state index in [1.54, 1.807) is 7.11 Å². The van der Waals surface area contributed by atoms with Gasteiger partial charge in [0.25, 0.3) is 0 Å². The largest absolute Gasteiger partial charge is 0.495 e. The van der Waals surface area contributed by atoms with Crippen molar-refractivity contribution >= 4 is 11.6 Å². The molecule has 4 heteroatoms. The van der Waals surface area contributed by atoms with Gasteiger partial charge in [-0.2, -0.15) is 0 Å². The molecular weight excluding hydrogens is 312 g/mol. The number of amides is 1. The van der Waals surface area contributed by atoms with E-state index in [9.17, 15) is 4.79 Å². The van der Waals surface area contributed by atoms with Crippen molar-refractivity contribution in [2.45, 2.75) is 19.4 Å². The quantitative estimate of drug-likeness (QED) is 0.725. The second kappa shape index (κ2) is 7.71. The normalized spacial score (nSPS) is 11.8. The highest BCUT2D eigenvalue weighted by molar-refractivity contribution is 5.92. The van der Waals surface area contributed by atoms with E-state index in [1.165, 1.54) is 5.56 Å². The van der Waals surface area contributed by atoms with Gasteiger partial charge >= 0.3 is 0 Å². The van der Waals surface area contributed by atoms with Gasteiger partial charge in [0, 0.05) is 12.4 Å². The van der Waals surface area contributed by atoms with Crippen LogP contribution in [0.5, 0.6) is 5.75 Å². The molecule has 0 spiro atoms. The summed E-state index contributed by atoms with van der Waals surface area (Å²) in [6, 6.07) is 19.6. The molecule has 25 heavy (non-hydrogen) atoms. The fourth-order valence-electron chi connectivity index (χ4n) is 2.86. The summed E-state index contributed by atoms with van der Waals surface area (Å²) in [5.74, 6) is 0.604. The number of nitrogens with one attached hydrogen (secondary N) is 1. The van der Waals surface area contributed by atoms with Crippen LogP contribution in [0.15, 0.2) is 73.1 Å². The molecule has 4 nitrogen and oxygen atoms in total. The van der Waals surface area contributed by atoms with E-state index >= 15 is 0 Å². The number of hydrogen-bond acceptors (Lipinski definition) is 2. The first kappa shape index (κ1) is 16.8. The number of nitrogens with zero attached hydrogens (tertiary/aromatic N) is 1. The van der Waals surface area contributed by atoms with Crippen molar-refractivity contribution in [2.75, 3.05) is 12.4 Å². The third-order valence-electron chi connectivity index (χ3n) is 4.21. The topological polar surface area (TPSA) is 43.3 Å². The van der Waals surface area contributed by atoms with Gasteiger partial charge in [-0.1, -0.05) is 42.0 Å². The zero-order valence-electron chi connectivity index (χ0n) is 14.5. The Morgan fingerprint density at radius 1 is 1.04 bits per heavy atom. The predicted octanol–water partition coefficient (Wildman–Crippen LogP) is 4.42. The van der Waals surface area contributed by atoms with Crippen LogP contribution in [0.2, 0.25) is 0 Å². The molecule has 0 aliphatic carbocycles. The third-order valence-corrected chi connectivity index (χ3v) is 4.21. The number of aryl methyl sites for hydroxylation is 1. The highest BCUT2D eigenvalue weighted by Gasteiger charge is 2.18. The number of carbonyl (C=O) groups excluding carboxylic acids is 1. The summed E-state index contributed by atoms with van der Waals surface area (Å²) in [5, 5.41) is 2.96. The van der Waals surface area contributed by atoms with Crippen LogP contribution in [0.25, 0.3) is 0 Å². The summed E-state index contributed by atoms with van der Waals surface area (Å²) in [6.07, 6.45) is 4.32. The van der Waals surface area contributed by atoms with Crippen LogP contribution in [-0.2, 0) is 4.79 Å². The lowest BCUT2D eigenvalue weighted by atomic mass is 10.0. The summed E-state index contributed by atoms with van der Waals surface area (Å²) >= 11 is 0. The molecule has 0 aliphatic heterocycles. The highest BCUT2D eigenvalue weighted by Crippen LogP contribution is 2.26. The molecule has 3 rings (SSSR count). The van der Waals surface area contributed by atoms with Gasteiger partial charge in [-0.3, -0.25) is 4.79 Å². The number of methoxy groups -OCH3 is 1. The molecule has 2 aromatic carbocycles. The number of benzene rings is 2. The smallest absolute Gasteiger partial charge is 0.226 e. The summed E-state index contributed by atoms with van der Waals surface area (Å²) in [4.78, 5) is 12.6. The molecule has 0 radical (unpaired) electrons. The van der Waals surface area contributed by atoms with Gasteiger partial charge in [0.15, 0.2) is 0 Å². The zero-order chi connectivity index (χ0) is 17.6. The number of carbonyl (C=O) groups is 1. The van der Waals surface area contributed by atoms with Crippen LogP contribution in [0, 0.1) is 6.92 Å². The molecular formula is C21H22N2O2. The lowest BCUT2D eigenvalue weighted by Crippen LogP contribution is -2.20. The molecule has 1 atom stereocenters. The Morgan fingerprint density at radius 3 is 2.40 bits per heavy atom. The number of rotatable bonds is 6. The summed E-state index contributed by atoms with van der Waals surface area (Å²) in [7, 11) is 1.60. The molecule has 0 saturated heterocycles. The monoisotopic (exact) mass is 334 g/mol. The Hall–Kier alpha value is -3.01. The minimum absolute atomic E-state index is 0.0506. The van der Waals surface area contributed by atoms with Crippen LogP contribution in [0.3, 0.4) is 0 Å². The maximum atomic E-state index is 12.6. The number of para-hydroxylation sites is 2. The summed E-state index contributed by atoms with van der Waals surface area (Å²) in [6.45, 7) is 2.06. The van der Waals surface area contributed by atoms with Crippen LogP contribution < -0.4 is 10.1 Å². The van der Waals surface area contributed by atoms with Crippen LogP contribution in [-0.4, -0.2) is 17.6 Å². The van der Waals surface area contributed by atoms with Gasteiger partial charge < -0.3 is 14.6 Å². The Kier molecular flexibility index (Phi) is 5.19. The Labute approximate surface area is 148 Å². The lowest BCUT2D eigenvalue weighted by molar-refractivity contribution is -0.116. The molecule has 0 saturated carbocycles. The first-order valence-corrected chi connectivity index (χ1v) is 8.29. The first-order valence-electron chi connectivity index (χ1n) is 8.29. The minimum Gasteiger partial charge on any atom is -0.495 e. The lowest BCUT2D eigenvalue weighted by Gasteiger charge is -2.20. The second-order valence-electron chi connectivity index (χ2n) is 6.01. The average molecular weight is 334 g/mol. The highest BCUT2D eigenvalue weighted by atomic mass is 16.5. The molecule has 128 valence electrons. The second-order valence-corrected chi connectivity index (χ2v) is 6.01. The minimum atomic E-state index is -0.0521. The molecule has 1 heterocycles. The standard InChI is InChI=1S/C21H22N2O2/c1-16-9-11-17(12-10-16)19(23-13-5-6-14-23)15-21(24)22-18-7-3-4-8-20(18)25-2/h3-14,19H,15H2,1-2H3,(H,22,24)/t19-/m0/s1. The van der Waals surface area contributed by atoms with Crippen LogP contribution >= 0.6 is 0 Å². The van der Waals surface area contributed by atoms with Crippen LogP contribution in [0.1, 0.15) is 23.6 Å². The summed E-state index contributed by atoms with van der Waals surface area (Å²) < 4.78 is 7.36. The number of anilines is 1. The van der Waals surface area contributed by atoms with Crippen LogP contribution in [0.4, 0.5) is 5.69 Å². The van der Waals surface area contributed by atoms with E-state index in [0.717, 1.165) is 5.56 Å². The van der Waals surface area contributed by atoms with Crippen molar-refractivity contribution < 1.29 is 9.53 Å². The van der Waals surface area contributed by atoms with E-state index in [1.807, 2.05) is 48.8 Å². The molecule has 0 aliphatic rings. The van der Waals surface area contributed by atoms with Crippen molar-refractivity contribution in [3.63, 3.8) is 0 Å². The van der Waals surface area contributed by atoms with E-state index in [4.69, 9.17) is 4.74 Å². The summed E-state index contributed by atoms with van der Waals surface area (Å²) in [5.41, 5.74) is 3.00. The average Bonchev–Trinajstić information content (AvgIpc) is 3.15. The molecule has 0 unspecified atom stereocenters. The third kappa shape index (κ3) is 4.10. The molecule has 1 amide bonds. The SMILES string of the molecule is COc1ccccc1NC(=O)C[C@@H](c1ccc(C)cc1)n1cccc1. The Morgan fingerprint density at radius 2 is 1.72 bits per heavy atom. The predicted molar refractivity (Wildman–Crippen MR) is 100.0 cm³/mol.